The molecule has 0 saturated carbocycles. The number of para-hydroxylation sites is 1. The van der Waals surface area contributed by atoms with Crippen molar-refractivity contribution < 1.29 is 9.53 Å². The molecule has 2 rings (SSSR count). The first-order valence-corrected chi connectivity index (χ1v) is 5.76. The van der Waals surface area contributed by atoms with Gasteiger partial charge in [-0.15, -0.1) is 0 Å². The summed E-state index contributed by atoms with van der Waals surface area (Å²) in [5.41, 5.74) is 1.22. The van der Waals surface area contributed by atoms with E-state index in [1.807, 2.05) is 31.2 Å². The zero-order valence-electron chi connectivity index (χ0n) is 9.85. The van der Waals surface area contributed by atoms with E-state index in [-0.39, 0.29) is 5.97 Å². The Balaban J connectivity index is 2.23. The van der Waals surface area contributed by atoms with Gasteiger partial charge < -0.3 is 10.6 Å². The molecule has 0 aliphatic heterocycles. The monoisotopic (exact) mass is 232 g/mol. The van der Waals surface area contributed by atoms with Crippen molar-refractivity contribution in [2.45, 2.75) is 19.8 Å². The van der Waals surface area contributed by atoms with Crippen LogP contribution < -0.4 is 5.84 Å². The van der Waals surface area contributed by atoms with E-state index in [1.165, 1.54) is 4.68 Å². The van der Waals surface area contributed by atoms with Gasteiger partial charge in [-0.1, -0.05) is 31.5 Å². The SMILES string of the molecule is CCCCOC(=O)c1cc2ccccc2n1N. The van der Waals surface area contributed by atoms with E-state index in [1.54, 1.807) is 6.07 Å². The number of carbonyl (C=O) groups is 1. The largest absolute Gasteiger partial charge is 0.461 e. The van der Waals surface area contributed by atoms with Crippen LogP contribution in [0.1, 0.15) is 30.3 Å². The molecule has 17 heavy (non-hydrogen) atoms. The lowest BCUT2D eigenvalue weighted by molar-refractivity contribution is 0.0490. The molecule has 0 aliphatic carbocycles. The number of hydrogen-bond donors (Lipinski definition) is 1. The predicted molar refractivity (Wildman–Crippen MR) is 67.3 cm³/mol. The molecule has 0 fully saturated rings. The van der Waals surface area contributed by atoms with Crippen molar-refractivity contribution in [1.82, 2.24) is 4.68 Å². The van der Waals surface area contributed by atoms with Gasteiger partial charge in [0.15, 0.2) is 0 Å². The number of nitrogens with two attached hydrogens (primary N) is 1. The Morgan fingerprint density at radius 1 is 1.41 bits per heavy atom. The summed E-state index contributed by atoms with van der Waals surface area (Å²) in [7, 11) is 0. The van der Waals surface area contributed by atoms with E-state index >= 15 is 0 Å². The van der Waals surface area contributed by atoms with Gasteiger partial charge in [0.1, 0.15) is 5.69 Å². The minimum absolute atomic E-state index is 0.364. The zero-order chi connectivity index (χ0) is 12.3. The summed E-state index contributed by atoms with van der Waals surface area (Å²) in [5.74, 6) is 5.50. The molecule has 4 nitrogen and oxygen atoms in total. The molecule has 0 bridgehead atoms. The number of nitrogen functional groups attached to an aromatic ring is 1. The summed E-state index contributed by atoms with van der Waals surface area (Å²) in [6, 6.07) is 9.34. The van der Waals surface area contributed by atoms with Gasteiger partial charge in [-0.25, -0.2) is 4.79 Å². The number of ether oxygens (including phenoxy) is 1. The van der Waals surface area contributed by atoms with E-state index in [9.17, 15) is 4.79 Å². The maximum Gasteiger partial charge on any atom is 0.356 e. The first kappa shape index (κ1) is 11.5. The van der Waals surface area contributed by atoms with Crippen LogP contribution in [0, 0.1) is 0 Å². The third-order valence-corrected chi connectivity index (χ3v) is 2.69. The number of aromatic nitrogens is 1. The molecule has 0 amide bonds. The van der Waals surface area contributed by atoms with Gasteiger partial charge in [-0.2, -0.15) is 0 Å². The second-order valence-corrected chi connectivity index (χ2v) is 3.95. The molecule has 4 heteroatoms. The summed E-state index contributed by atoms with van der Waals surface area (Å²) >= 11 is 0. The van der Waals surface area contributed by atoms with Crippen LogP contribution in [0.3, 0.4) is 0 Å². The average molecular weight is 232 g/mol. The molecule has 1 aromatic carbocycles. The van der Waals surface area contributed by atoms with Crippen molar-refractivity contribution in [1.29, 1.82) is 0 Å². The molecular weight excluding hydrogens is 216 g/mol. The summed E-state index contributed by atoms with van der Waals surface area (Å²) < 4.78 is 6.52. The summed E-state index contributed by atoms with van der Waals surface area (Å²) in [5, 5.41) is 0.942. The molecule has 0 spiro atoms. The van der Waals surface area contributed by atoms with E-state index in [2.05, 4.69) is 0 Å². The topological polar surface area (TPSA) is 57.2 Å². The van der Waals surface area contributed by atoms with E-state index in [0.29, 0.717) is 12.3 Å². The van der Waals surface area contributed by atoms with E-state index in [0.717, 1.165) is 23.7 Å². The van der Waals surface area contributed by atoms with Crippen molar-refractivity contribution in [2.24, 2.45) is 0 Å². The van der Waals surface area contributed by atoms with Crippen LogP contribution in [0.15, 0.2) is 30.3 Å². The molecule has 0 radical (unpaired) electrons. The molecule has 1 aromatic heterocycles. The number of carbonyl (C=O) groups excluding carboxylic acids is 1. The number of nitrogens with zero attached hydrogens (tertiary/aromatic N) is 1. The number of rotatable bonds is 4. The van der Waals surface area contributed by atoms with E-state index in [4.69, 9.17) is 10.6 Å². The second kappa shape index (κ2) is 4.91. The van der Waals surface area contributed by atoms with Crippen molar-refractivity contribution >= 4 is 16.9 Å². The number of unbranched alkanes of at least 4 members (excludes halogenated alkanes) is 1. The van der Waals surface area contributed by atoms with Crippen LogP contribution in [0.5, 0.6) is 0 Å². The Bertz CT molecular complexity index is 531. The van der Waals surface area contributed by atoms with Crippen molar-refractivity contribution in [3.63, 3.8) is 0 Å². The summed E-state index contributed by atoms with van der Waals surface area (Å²) in [6.45, 7) is 2.49. The third kappa shape index (κ3) is 2.25. The first-order chi connectivity index (χ1) is 8.24. The molecule has 0 saturated heterocycles. The normalized spacial score (nSPS) is 10.6. The van der Waals surface area contributed by atoms with Crippen LogP contribution in [0.2, 0.25) is 0 Å². The highest BCUT2D eigenvalue weighted by atomic mass is 16.5. The highest BCUT2D eigenvalue weighted by Gasteiger charge is 2.14. The Labute approximate surface area is 99.9 Å². The molecule has 0 unspecified atom stereocenters. The van der Waals surface area contributed by atoms with Crippen LogP contribution in [0.4, 0.5) is 0 Å². The number of fused-ring (bicyclic) bond motifs is 1. The lowest BCUT2D eigenvalue weighted by Gasteiger charge is -2.04. The Morgan fingerprint density at radius 2 is 2.18 bits per heavy atom. The maximum absolute atomic E-state index is 11.8. The minimum atomic E-state index is -0.364. The molecular formula is C13H16N2O2. The molecule has 2 N–H and O–H groups in total. The van der Waals surface area contributed by atoms with Gasteiger partial charge in [-0.05, 0) is 18.6 Å². The summed E-state index contributed by atoms with van der Waals surface area (Å²) in [6.07, 6.45) is 1.87. The van der Waals surface area contributed by atoms with Gasteiger partial charge in [-0.3, -0.25) is 4.68 Å². The minimum Gasteiger partial charge on any atom is -0.461 e. The fourth-order valence-electron chi connectivity index (χ4n) is 1.72. The smallest absolute Gasteiger partial charge is 0.356 e. The molecule has 0 atom stereocenters. The molecule has 0 aliphatic rings. The zero-order valence-corrected chi connectivity index (χ0v) is 9.85. The molecule has 2 aromatic rings. The number of esters is 1. The Hall–Kier alpha value is -1.97. The van der Waals surface area contributed by atoms with Crippen LogP contribution in [0.25, 0.3) is 10.9 Å². The average Bonchev–Trinajstić information content (AvgIpc) is 2.68. The van der Waals surface area contributed by atoms with Gasteiger partial charge in [0.25, 0.3) is 0 Å². The fourth-order valence-corrected chi connectivity index (χ4v) is 1.72. The third-order valence-electron chi connectivity index (χ3n) is 2.69. The highest BCUT2D eigenvalue weighted by Crippen LogP contribution is 2.17. The Kier molecular flexibility index (Phi) is 3.32. The molecule has 90 valence electrons. The lowest BCUT2D eigenvalue weighted by atomic mass is 10.2. The fraction of sp³-hybridized carbons (Fsp3) is 0.308. The van der Waals surface area contributed by atoms with Crippen LogP contribution >= 0.6 is 0 Å². The quantitative estimate of drug-likeness (QED) is 0.500. The maximum atomic E-state index is 11.8. The van der Waals surface area contributed by atoms with Crippen molar-refractivity contribution in [2.75, 3.05) is 12.4 Å². The predicted octanol–water partition coefficient (Wildman–Crippen LogP) is 2.31. The van der Waals surface area contributed by atoms with Gasteiger partial charge in [0.05, 0.1) is 12.1 Å². The number of benzene rings is 1. The molecule has 1 heterocycles. The lowest BCUT2D eigenvalue weighted by Crippen LogP contribution is -2.18. The van der Waals surface area contributed by atoms with Gasteiger partial charge in [0, 0.05) is 5.39 Å². The van der Waals surface area contributed by atoms with E-state index < -0.39 is 0 Å². The van der Waals surface area contributed by atoms with Crippen molar-refractivity contribution in [3.8, 4) is 0 Å². The van der Waals surface area contributed by atoms with Crippen LogP contribution in [-0.4, -0.2) is 17.3 Å². The standard InChI is InChI=1S/C13H16N2O2/c1-2-3-8-17-13(16)12-9-10-6-4-5-7-11(10)15(12)14/h4-7,9H,2-3,8,14H2,1H3. The summed E-state index contributed by atoms with van der Waals surface area (Å²) in [4.78, 5) is 11.8. The first-order valence-electron chi connectivity index (χ1n) is 5.76. The van der Waals surface area contributed by atoms with Gasteiger partial charge >= 0.3 is 5.97 Å². The van der Waals surface area contributed by atoms with Crippen LogP contribution in [-0.2, 0) is 4.74 Å². The highest BCUT2D eigenvalue weighted by molar-refractivity contribution is 5.95. The Morgan fingerprint density at radius 3 is 2.88 bits per heavy atom. The van der Waals surface area contributed by atoms with Gasteiger partial charge in [0.2, 0.25) is 0 Å². The number of hydrogen-bond acceptors (Lipinski definition) is 3. The van der Waals surface area contributed by atoms with Crippen molar-refractivity contribution in [3.05, 3.63) is 36.0 Å². The second-order valence-electron chi connectivity index (χ2n) is 3.95.